The number of carbonyl (C=O) groups is 2. The average molecular weight is 286 g/mol. The van der Waals surface area contributed by atoms with E-state index in [0.29, 0.717) is 25.1 Å². The molecule has 0 aliphatic rings. The van der Waals surface area contributed by atoms with Crippen LogP contribution in [0.5, 0.6) is 0 Å². The lowest BCUT2D eigenvalue weighted by Gasteiger charge is -2.14. The molecule has 0 aliphatic carbocycles. The van der Waals surface area contributed by atoms with E-state index in [1.165, 1.54) is 0 Å². The second-order valence-electron chi connectivity index (χ2n) is 3.90. The van der Waals surface area contributed by atoms with Gasteiger partial charge in [0.25, 0.3) is 0 Å². The third-order valence-electron chi connectivity index (χ3n) is 2.45. The minimum atomic E-state index is -1.02. The molecular formula is C12H18N2O4S. The summed E-state index contributed by atoms with van der Waals surface area (Å²) in [6.07, 6.45) is 4.44. The summed E-state index contributed by atoms with van der Waals surface area (Å²) in [6.45, 7) is 0.397. The number of hydrogen-bond acceptors (Lipinski definition) is 4. The maximum absolute atomic E-state index is 11.5. The maximum Gasteiger partial charge on any atom is 0.326 e. The van der Waals surface area contributed by atoms with Crippen LogP contribution in [0.4, 0.5) is 4.79 Å². The van der Waals surface area contributed by atoms with Crippen molar-refractivity contribution in [1.29, 1.82) is 0 Å². The predicted octanol–water partition coefficient (Wildman–Crippen LogP) is 1.33. The summed E-state index contributed by atoms with van der Waals surface area (Å²) in [4.78, 5) is 22.5. The molecule has 0 bridgehead atoms. The van der Waals surface area contributed by atoms with Crippen LogP contribution in [0.2, 0.25) is 0 Å². The summed E-state index contributed by atoms with van der Waals surface area (Å²) in [7, 11) is 0. The SMILES string of the molecule is CSCC[C@@H](NC(=O)NCCc1ccco1)C(=O)O. The van der Waals surface area contributed by atoms with E-state index in [1.807, 2.05) is 12.3 Å². The van der Waals surface area contributed by atoms with Gasteiger partial charge in [-0.3, -0.25) is 0 Å². The molecule has 3 N–H and O–H groups in total. The number of carboxylic acid groups (broad SMARTS) is 1. The van der Waals surface area contributed by atoms with Gasteiger partial charge in [0.1, 0.15) is 11.8 Å². The third-order valence-corrected chi connectivity index (χ3v) is 3.10. The van der Waals surface area contributed by atoms with Crippen molar-refractivity contribution in [3.63, 3.8) is 0 Å². The van der Waals surface area contributed by atoms with Gasteiger partial charge < -0.3 is 20.2 Å². The normalized spacial score (nSPS) is 11.8. The van der Waals surface area contributed by atoms with Gasteiger partial charge >= 0.3 is 12.0 Å². The summed E-state index contributed by atoms with van der Waals surface area (Å²) < 4.78 is 5.12. The highest BCUT2D eigenvalue weighted by atomic mass is 32.2. The van der Waals surface area contributed by atoms with Gasteiger partial charge in [-0.25, -0.2) is 9.59 Å². The van der Waals surface area contributed by atoms with Crippen molar-refractivity contribution in [2.45, 2.75) is 18.9 Å². The number of nitrogens with one attached hydrogen (secondary N) is 2. The van der Waals surface area contributed by atoms with Crippen molar-refractivity contribution >= 4 is 23.8 Å². The second-order valence-corrected chi connectivity index (χ2v) is 4.89. The zero-order chi connectivity index (χ0) is 14.1. The first-order valence-electron chi connectivity index (χ1n) is 5.92. The van der Waals surface area contributed by atoms with Gasteiger partial charge in [0, 0.05) is 13.0 Å². The number of furan rings is 1. The van der Waals surface area contributed by atoms with Gasteiger partial charge in [-0.2, -0.15) is 11.8 Å². The molecule has 1 atom stereocenters. The van der Waals surface area contributed by atoms with Gasteiger partial charge in [-0.05, 0) is 30.6 Å². The highest BCUT2D eigenvalue weighted by Crippen LogP contribution is 2.01. The minimum absolute atomic E-state index is 0.397. The number of hydrogen-bond donors (Lipinski definition) is 3. The summed E-state index contributed by atoms with van der Waals surface area (Å²) in [6, 6.07) is 2.27. The number of rotatable bonds is 8. The fourth-order valence-corrected chi connectivity index (χ4v) is 1.93. The van der Waals surface area contributed by atoms with Crippen molar-refractivity contribution < 1.29 is 19.1 Å². The molecule has 0 radical (unpaired) electrons. The minimum Gasteiger partial charge on any atom is -0.480 e. The molecule has 1 aromatic heterocycles. The van der Waals surface area contributed by atoms with E-state index in [4.69, 9.17) is 9.52 Å². The van der Waals surface area contributed by atoms with E-state index >= 15 is 0 Å². The van der Waals surface area contributed by atoms with E-state index in [1.54, 1.807) is 24.1 Å². The monoisotopic (exact) mass is 286 g/mol. The molecule has 0 aliphatic heterocycles. The Labute approximate surface area is 115 Å². The molecule has 0 saturated carbocycles. The Kier molecular flexibility index (Phi) is 6.88. The van der Waals surface area contributed by atoms with Gasteiger partial charge in [0.05, 0.1) is 6.26 Å². The first-order valence-corrected chi connectivity index (χ1v) is 7.31. The Morgan fingerprint density at radius 2 is 2.32 bits per heavy atom. The zero-order valence-corrected chi connectivity index (χ0v) is 11.5. The van der Waals surface area contributed by atoms with Crippen molar-refractivity contribution in [2.24, 2.45) is 0 Å². The lowest BCUT2D eigenvalue weighted by molar-refractivity contribution is -0.139. The Bertz CT molecular complexity index is 394. The molecule has 0 spiro atoms. The summed E-state index contributed by atoms with van der Waals surface area (Å²) >= 11 is 1.54. The van der Waals surface area contributed by atoms with Gasteiger partial charge in [-0.15, -0.1) is 0 Å². The summed E-state index contributed by atoms with van der Waals surface area (Å²) in [5.74, 6) is 0.441. The first kappa shape index (κ1) is 15.4. The van der Waals surface area contributed by atoms with Crippen LogP contribution < -0.4 is 10.6 Å². The Morgan fingerprint density at radius 3 is 2.89 bits per heavy atom. The molecule has 106 valence electrons. The number of carbonyl (C=O) groups excluding carboxylic acids is 1. The van der Waals surface area contributed by atoms with Crippen molar-refractivity contribution in [3.8, 4) is 0 Å². The molecule has 19 heavy (non-hydrogen) atoms. The van der Waals surface area contributed by atoms with E-state index in [0.717, 1.165) is 5.76 Å². The number of urea groups is 1. The highest BCUT2D eigenvalue weighted by molar-refractivity contribution is 7.98. The van der Waals surface area contributed by atoms with E-state index in [9.17, 15) is 9.59 Å². The average Bonchev–Trinajstić information content (AvgIpc) is 2.87. The van der Waals surface area contributed by atoms with Crippen molar-refractivity contribution in [3.05, 3.63) is 24.2 Å². The highest BCUT2D eigenvalue weighted by Gasteiger charge is 2.18. The third kappa shape index (κ3) is 6.19. The molecule has 2 amide bonds. The van der Waals surface area contributed by atoms with Gasteiger partial charge in [0.15, 0.2) is 0 Å². The van der Waals surface area contributed by atoms with Gasteiger partial charge in [0.2, 0.25) is 0 Å². The zero-order valence-electron chi connectivity index (χ0n) is 10.7. The van der Waals surface area contributed by atoms with E-state index in [-0.39, 0.29) is 0 Å². The van der Waals surface area contributed by atoms with Crippen LogP contribution in [0.1, 0.15) is 12.2 Å². The fraction of sp³-hybridized carbons (Fsp3) is 0.500. The van der Waals surface area contributed by atoms with Gasteiger partial charge in [-0.1, -0.05) is 0 Å². The van der Waals surface area contributed by atoms with Crippen LogP contribution in [0, 0.1) is 0 Å². The molecule has 0 saturated heterocycles. The number of carboxylic acids is 1. The lowest BCUT2D eigenvalue weighted by atomic mass is 10.2. The largest absolute Gasteiger partial charge is 0.480 e. The van der Waals surface area contributed by atoms with Crippen LogP contribution >= 0.6 is 11.8 Å². The smallest absolute Gasteiger partial charge is 0.326 e. The first-order chi connectivity index (χ1) is 9.13. The number of amides is 2. The molecule has 0 aromatic carbocycles. The molecule has 1 heterocycles. The lowest BCUT2D eigenvalue weighted by Crippen LogP contribution is -2.46. The van der Waals surface area contributed by atoms with Crippen LogP contribution in [0.25, 0.3) is 0 Å². The molecule has 1 rings (SSSR count). The van der Waals surface area contributed by atoms with Crippen molar-refractivity contribution in [1.82, 2.24) is 10.6 Å². The van der Waals surface area contributed by atoms with Crippen LogP contribution in [-0.2, 0) is 11.2 Å². The standard InChI is InChI=1S/C12H18N2O4S/c1-19-8-5-10(11(15)16)14-12(17)13-6-4-9-3-2-7-18-9/h2-3,7,10H,4-6,8H2,1H3,(H,15,16)(H2,13,14,17)/t10-/m1/s1. The molecule has 7 heteroatoms. The van der Waals surface area contributed by atoms with Crippen LogP contribution in [-0.4, -0.2) is 41.7 Å². The Morgan fingerprint density at radius 1 is 1.53 bits per heavy atom. The molecule has 6 nitrogen and oxygen atoms in total. The Balaban J connectivity index is 2.25. The molecule has 0 unspecified atom stereocenters. The summed E-state index contributed by atoms with van der Waals surface area (Å²) in [5, 5.41) is 14.0. The molecular weight excluding hydrogens is 268 g/mol. The Hall–Kier alpha value is -1.63. The maximum atomic E-state index is 11.5. The van der Waals surface area contributed by atoms with E-state index < -0.39 is 18.0 Å². The van der Waals surface area contributed by atoms with Crippen molar-refractivity contribution in [2.75, 3.05) is 18.6 Å². The molecule has 1 aromatic rings. The van der Waals surface area contributed by atoms with E-state index in [2.05, 4.69) is 10.6 Å². The summed E-state index contributed by atoms with van der Waals surface area (Å²) in [5.41, 5.74) is 0. The second kappa shape index (κ2) is 8.47. The molecule has 0 fully saturated rings. The number of aliphatic carboxylic acids is 1. The quantitative estimate of drug-likeness (QED) is 0.670. The fourth-order valence-electron chi connectivity index (χ4n) is 1.46. The van der Waals surface area contributed by atoms with Crippen LogP contribution in [0.15, 0.2) is 22.8 Å². The topological polar surface area (TPSA) is 91.6 Å². The van der Waals surface area contributed by atoms with Crippen LogP contribution in [0.3, 0.4) is 0 Å². The predicted molar refractivity (Wildman–Crippen MR) is 73.4 cm³/mol. The number of thioether (sulfide) groups is 1.